The van der Waals surface area contributed by atoms with E-state index in [1.54, 1.807) is 0 Å². The van der Waals surface area contributed by atoms with Crippen molar-refractivity contribution in [3.8, 4) is 0 Å². The summed E-state index contributed by atoms with van der Waals surface area (Å²) in [6.07, 6.45) is 4.76. The van der Waals surface area contributed by atoms with Crippen molar-refractivity contribution in [1.82, 2.24) is 5.32 Å². The molecule has 0 saturated heterocycles. The average molecular weight is 237 g/mol. The third kappa shape index (κ3) is 5.04. The van der Waals surface area contributed by atoms with Gasteiger partial charge in [0.2, 0.25) is 0 Å². The van der Waals surface area contributed by atoms with Gasteiger partial charge in [0, 0.05) is 6.04 Å². The molecule has 1 aromatic carbocycles. The van der Waals surface area contributed by atoms with E-state index in [0.717, 1.165) is 6.54 Å². The van der Waals surface area contributed by atoms with E-state index in [1.807, 2.05) is 11.8 Å². The highest BCUT2D eigenvalue weighted by Gasteiger charge is 2.02. The van der Waals surface area contributed by atoms with E-state index in [9.17, 15) is 0 Å². The summed E-state index contributed by atoms with van der Waals surface area (Å²) in [6.45, 7) is 5.49. The van der Waals surface area contributed by atoms with Crippen LogP contribution in [-0.2, 0) is 0 Å². The van der Waals surface area contributed by atoms with Crippen molar-refractivity contribution in [2.24, 2.45) is 0 Å². The average Bonchev–Trinajstić information content (AvgIpc) is 2.29. The third-order valence-corrected chi connectivity index (χ3v) is 3.50. The predicted molar refractivity (Wildman–Crippen MR) is 75.2 cm³/mol. The van der Waals surface area contributed by atoms with Crippen molar-refractivity contribution in [2.75, 3.05) is 18.6 Å². The fraction of sp³-hybridized carbons (Fsp3) is 0.571. The SMILES string of the molecule is CSCCCCN[C@@H](C)c1ccc(C)cc1. The van der Waals surface area contributed by atoms with Crippen LogP contribution in [0.2, 0.25) is 0 Å². The Morgan fingerprint density at radius 3 is 2.50 bits per heavy atom. The van der Waals surface area contributed by atoms with E-state index < -0.39 is 0 Å². The molecule has 16 heavy (non-hydrogen) atoms. The Balaban J connectivity index is 2.24. The predicted octanol–water partition coefficient (Wildman–Crippen LogP) is 3.79. The molecule has 0 bridgehead atoms. The standard InChI is InChI=1S/C14H23NS/c1-12-6-8-14(9-7-12)13(2)15-10-4-5-11-16-3/h6-9,13,15H,4-5,10-11H2,1-3H3/t13-/m0/s1. The van der Waals surface area contributed by atoms with Gasteiger partial charge in [-0.25, -0.2) is 0 Å². The molecule has 1 atom stereocenters. The molecule has 0 heterocycles. The number of rotatable bonds is 7. The number of aryl methyl sites for hydroxylation is 1. The highest BCUT2D eigenvalue weighted by Crippen LogP contribution is 2.12. The van der Waals surface area contributed by atoms with Crippen LogP contribution in [0.5, 0.6) is 0 Å². The minimum atomic E-state index is 0.467. The molecule has 2 heteroatoms. The van der Waals surface area contributed by atoms with Gasteiger partial charge in [0.15, 0.2) is 0 Å². The smallest absolute Gasteiger partial charge is 0.0291 e. The summed E-state index contributed by atoms with van der Waals surface area (Å²) in [7, 11) is 0. The van der Waals surface area contributed by atoms with Crippen LogP contribution < -0.4 is 5.32 Å². The summed E-state index contributed by atoms with van der Waals surface area (Å²) in [5.74, 6) is 1.28. The Morgan fingerprint density at radius 1 is 1.19 bits per heavy atom. The van der Waals surface area contributed by atoms with Gasteiger partial charge in [-0.3, -0.25) is 0 Å². The van der Waals surface area contributed by atoms with Crippen LogP contribution in [0.25, 0.3) is 0 Å². The zero-order chi connectivity index (χ0) is 11.8. The molecule has 1 N–H and O–H groups in total. The van der Waals surface area contributed by atoms with Crippen LogP contribution >= 0.6 is 11.8 Å². The Bertz CT molecular complexity index is 281. The van der Waals surface area contributed by atoms with Gasteiger partial charge in [-0.2, -0.15) is 11.8 Å². The minimum Gasteiger partial charge on any atom is -0.310 e. The lowest BCUT2D eigenvalue weighted by Gasteiger charge is -2.14. The number of thioether (sulfide) groups is 1. The van der Waals surface area contributed by atoms with Crippen LogP contribution in [0, 0.1) is 6.92 Å². The fourth-order valence-corrected chi connectivity index (χ4v) is 2.16. The van der Waals surface area contributed by atoms with E-state index in [-0.39, 0.29) is 0 Å². The zero-order valence-electron chi connectivity index (χ0n) is 10.6. The number of benzene rings is 1. The number of nitrogens with one attached hydrogen (secondary N) is 1. The first-order valence-electron chi connectivity index (χ1n) is 6.03. The van der Waals surface area contributed by atoms with Gasteiger partial charge in [0.1, 0.15) is 0 Å². The van der Waals surface area contributed by atoms with Crippen LogP contribution in [-0.4, -0.2) is 18.6 Å². The molecule has 1 rings (SSSR count). The lowest BCUT2D eigenvalue weighted by molar-refractivity contribution is 0.555. The zero-order valence-corrected chi connectivity index (χ0v) is 11.4. The van der Waals surface area contributed by atoms with Gasteiger partial charge in [-0.1, -0.05) is 29.8 Å². The minimum absolute atomic E-state index is 0.467. The number of hydrogen-bond donors (Lipinski definition) is 1. The van der Waals surface area contributed by atoms with Gasteiger partial charge in [0.05, 0.1) is 0 Å². The monoisotopic (exact) mass is 237 g/mol. The third-order valence-electron chi connectivity index (χ3n) is 2.80. The van der Waals surface area contributed by atoms with E-state index >= 15 is 0 Å². The fourth-order valence-electron chi connectivity index (χ4n) is 1.66. The maximum absolute atomic E-state index is 3.57. The van der Waals surface area contributed by atoms with Crippen LogP contribution in [0.15, 0.2) is 24.3 Å². The molecule has 1 nitrogen and oxygen atoms in total. The van der Waals surface area contributed by atoms with Crippen molar-refractivity contribution in [3.05, 3.63) is 35.4 Å². The summed E-state index contributed by atoms with van der Waals surface area (Å²) in [4.78, 5) is 0. The first-order chi connectivity index (χ1) is 7.74. The second kappa shape index (κ2) is 7.75. The molecular formula is C14H23NS. The van der Waals surface area contributed by atoms with Crippen molar-refractivity contribution < 1.29 is 0 Å². The van der Waals surface area contributed by atoms with Gasteiger partial charge in [-0.15, -0.1) is 0 Å². The van der Waals surface area contributed by atoms with Gasteiger partial charge >= 0.3 is 0 Å². The van der Waals surface area contributed by atoms with Crippen LogP contribution in [0.1, 0.15) is 36.9 Å². The molecule has 0 aliphatic heterocycles. The molecule has 0 aromatic heterocycles. The van der Waals surface area contributed by atoms with Crippen molar-refractivity contribution in [2.45, 2.75) is 32.7 Å². The molecule has 1 aromatic rings. The molecule has 0 aliphatic rings. The Morgan fingerprint density at radius 2 is 1.88 bits per heavy atom. The second-order valence-electron chi connectivity index (χ2n) is 4.29. The first kappa shape index (κ1) is 13.6. The molecule has 0 fully saturated rings. The lowest BCUT2D eigenvalue weighted by Crippen LogP contribution is -2.19. The molecule has 0 saturated carbocycles. The first-order valence-corrected chi connectivity index (χ1v) is 7.42. The van der Waals surface area contributed by atoms with Crippen molar-refractivity contribution in [1.29, 1.82) is 0 Å². The molecular weight excluding hydrogens is 214 g/mol. The quantitative estimate of drug-likeness (QED) is 0.724. The van der Waals surface area contributed by atoms with Gasteiger partial charge in [0.25, 0.3) is 0 Å². The van der Waals surface area contributed by atoms with Gasteiger partial charge < -0.3 is 5.32 Å². The molecule has 0 spiro atoms. The largest absolute Gasteiger partial charge is 0.310 e. The van der Waals surface area contributed by atoms with Crippen LogP contribution in [0.3, 0.4) is 0 Å². The lowest BCUT2D eigenvalue weighted by atomic mass is 10.1. The highest BCUT2D eigenvalue weighted by atomic mass is 32.2. The van der Waals surface area contributed by atoms with Crippen molar-refractivity contribution in [3.63, 3.8) is 0 Å². The summed E-state index contributed by atoms with van der Waals surface area (Å²) in [5, 5.41) is 3.57. The van der Waals surface area contributed by atoms with E-state index in [4.69, 9.17) is 0 Å². The second-order valence-corrected chi connectivity index (χ2v) is 5.27. The summed E-state index contributed by atoms with van der Waals surface area (Å²) < 4.78 is 0. The highest BCUT2D eigenvalue weighted by molar-refractivity contribution is 7.98. The van der Waals surface area contributed by atoms with E-state index in [1.165, 1.54) is 29.7 Å². The normalized spacial score (nSPS) is 12.7. The maximum Gasteiger partial charge on any atom is 0.0291 e. The molecule has 0 amide bonds. The number of unbranched alkanes of at least 4 members (excludes halogenated alkanes) is 1. The van der Waals surface area contributed by atoms with Gasteiger partial charge in [-0.05, 0) is 50.8 Å². The van der Waals surface area contributed by atoms with E-state index in [0.29, 0.717) is 6.04 Å². The summed E-state index contributed by atoms with van der Waals surface area (Å²) in [6, 6.07) is 9.27. The molecule has 0 unspecified atom stereocenters. The topological polar surface area (TPSA) is 12.0 Å². The number of hydrogen-bond acceptors (Lipinski definition) is 2. The Kier molecular flexibility index (Phi) is 6.58. The molecule has 0 aliphatic carbocycles. The van der Waals surface area contributed by atoms with E-state index in [2.05, 4.69) is 49.7 Å². The summed E-state index contributed by atoms with van der Waals surface area (Å²) >= 11 is 1.93. The Hall–Kier alpha value is -0.470. The van der Waals surface area contributed by atoms with Crippen molar-refractivity contribution >= 4 is 11.8 Å². The summed E-state index contributed by atoms with van der Waals surface area (Å²) in [5.41, 5.74) is 2.71. The Labute approximate surface area is 104 Å². The molecule has 0 radical (unpaired) electrons. The van der Waals surface area contributed by atoms with Crippen LogP contribution in [0.4, 0.5) is 0 Å². The maximum atomic E-state index is 3.57. The molecule has 90 valence electrons.